The Morgan fingerprint density at radius 2 is 1.79 bits per heavy atom. The lowest BCUT2D eigenvalue weighted by molar-refractivity contribution is 0.0893. The molecule has 1 heterocycles. The van der Waals surface area contributed by atoms with Crippen molar-refractivity contribution < 1.29 is 0 Å². The molecule has 106 valence electrons. The molecule has 0 aliphatic carbocycles. The Morgan fingerprint density at radius 1 is 1.21 bits per heavy atom. The highest BCUT2D eigenvalue weighted by atomic mass is 15.2. The summed E-state index contributed by atoms with van der Waals surface area (Å²) < 4.78 is 0. The maximum absolute atomic E-state index is 6.40. The van der Waals surface area contributed by atoms with E-state index >= 15 is 0 Å². The molecule has 1 aliphatic rings. The van der Waals surface area contributed by atoms with Crippen molar-refractivity contribution in [2.24, 2.45) is 5.73 Å². The number of aryl methyl sites for hydroxylation is 1. The Bertz CT molecular complexity index is 391. The Labute approximate surface area is 117 Å². The van der Waals surface area contributed by atoms with Gasteiger partial charge in [-0.05, 0) is 32.8 Å². The van der Waals surface area contributed by atoms with Crippen LogP contribution < -0.4 is 11.1 Å². The molecule has 1 aromatic rings. The van der Waals surface area contributed by atoms with Crippen LogP contribution in [0, 0.1) is 6.92 Å². The lowest BCUT2D eigenvalue weighted by atomic mass is 9.89. The quantitative estimate of drug-likeness (QED) is 0.872. The van der Waals surface area contributed by atoms with Gasteiger partial charge in [-0.1, -0.05) is 29.8 Å². The fourth-order valence-corrected chi connectivity index (χ4v) is 2.87. The van der Waals surface area contributed by atoms with Gasteiger partial charge < -0.3 is 11.1 Å². The molecule has 3 heteroatoms. The zero-order valence-electron chi connectivity index (χ0n) is 12.4. The maximum atomic E-state index is 6.40. The van der Waals surface area contributed by atoms with Crippen LogP contribution in [0.5, 0.6) is 0 Å². The number of hydrogen-bond donors (Lipinski definition) is 2. The largest absolute Gasteiger partial charge is 0.324 e. The molecule has 19 heavy (non-hydrogen) atoms. The molecule has 3 N–H and O–H groups in total. The lowest BCUT2D eigenvalue weighted by Gasteiger charge is -2.42. The number of rotatable bonds is 4. The molecule has 1 unspecified atom stereocenters. The third-order valence-corrected chi connectivity index (χ3v) is 4.20. The van der Waals surface area contributed by atoms with Crippen LogP contribution in [0.15, 0.2) is 24.3 Å². The van der Waals surface area contributed by atoms with Gasteiger partial charge >= 0.3 is 0 Å². The number of benzene rings is 1. The zero-order valence-corrected chi connectivity index (χ0v) is 12.4. The first-order valence-electron chi connectivity index (χ1n) is 7.27. The van der Waals surface area contributed by atoms with Crippen LogP contribution >= 0.6 is 0 Å². The van der Waals surface area contributed by atoms with Crippen LogP contribution in [0.4, 0.5) is 0 Å². The van der Waals surface area contributed by atoms with Crippen LogP contribution in [0.2, 0.25) is 0 Å². The number of nitrogens with one attached hydrogen (secondary N) is 1. The van der Waals surface area contributed by atoms with Crippen molar-refractivity contribution in [2.75, 3.05) is 26.2 Å². The number of piperazine rings is 1. The molecule has 1 aromatic carbocycles. The van der Waals surface area contributed by atoms with E-state index in [0.717, 1.165) is 32.6 Å². The van der Waals surface area contributed by atoms with Crippen molar-refractivity contribution in [1.29, 1.82) is 0 Å². The van der Waals surface area contributed by atoms with Crippen molar-refractivity contribution in [3.63, 3.8) is 0 Å². The van der Waals surface area contributed by atoms with Gasteiger partial charge in [0.2, 0.25) is 0 Å². The number of hydrogen-bond acceptors (Lipinski definition) is 3. The number of nitrogens with zero attached hydrogens (tertiary/aromatic N) is 1. The highest BCUT2D eigenvalue weighted by Crippen LogP contribution is 2.27. The Balaban J connectivity index is 2.00. The average molecular weight is 261 g/mol. The summed E-state index contributed by atoms with van der Waals surface area (Å²) in [7, 11) is 0. The van der Waals surface area contributed by atoms with Gasteiger partial charge in [0.1, 0.15) is 0 Å². The molecule has 0 radical (unpaired) electrons. The second-order valence-electron chi connectivity index (χ2n) is 6.27. The third-order valence-electron chi connectivity index (χ3n) is 4.20. The van der Waals surface area contributed by atoms with Gasteiger partial charge in [0.15, 0.2) is 0 Å². The fourth-order valence-electron chi connectivity index (χ4n) is 2.87. The summed E-state index contributed by atoms with van der Waals surface area (Å²) in [4.78, 5) is 2.55. The van der Waals surface area contributed by atoms with E-state index in [1.165, 1.54) is 11.1 Å². The second kappa shape index (κ2) is 6.04. The van der Waals surface area contributed by atoms with Gasteiger partial charge in [-0.3, -0.25) is 4.90 Å². The van der Waals surface area contributed by atoms with Crippen molar-refractivity contribution >= 4 is 0 Å². The standard InChI is InChI=1S/C16H27N3/c1-13-4-6-14(7-5-13)15(17)12-16(2,3)19-10-8-18-9-11-19/h4-7,15,18H,8-12,17H2,1-3H3. The molecule has 2 rings (SSSR count). The smallest absolute Gasteiger partial charge is 0.0312 e. The van der Waals surface area contributed by atoms with Crippen LogP contribution in [-0.4, -0.2) is 36.6 Å². The normalized spacial score (nSPS) is 19.4. The van der Waals surface area contributed by atoms with Crippen molar-refractivity contribution in [1.82, 2.24) is 10.2 Å². The minimum absolute atomic E-state index is 0.116. The summed E-state index contributed by atoms with van der Waals surface area (Å²) in [6.45, 7) is 11.1. The van der Waals surface area contributed by atoms with Crippen molar-refractivity contribution in [2.45, 2.75) is 38.8 Å². The molecule has 0 amide bonds. The minimum Gasteiger partial charge on any atom is -0.324 e. The first-order chi connectivity index (χ1) is 8.99. The third kappa shape index (κ3) is 3.78. The average Bonchev–Trinajstić information content (AvgIpc) is 2.40. The fraction of sp³-hybridized carbons (Fsp3) is 0.625. The van der Waals surface area contributed by atoms with Gasteiger partial charge in [0.05, 0.1) is 0 Å². The monoisotopic (exact) mass is 261 g/mol. The molecule has 1 saturated heterocycles. The van der Waals surface area contributed by atoms with E-state index in [2.05, 4.69) is 55.3 Å². The summed E-state index contributed by atoms with van der Waals surface area (Å²) >= 11 is 0. The SMILES string of the molecule is Cc1ccc(C(N)CC(C)(C)N2CCNCC2)cc1. The van der Waals surface area contributed by atoms with E-state index < -0.39 is 0 Å². The van der Waals surface area contributed by atoms with Gasteiger partial charge in [-0.2, -0.15) is 0 Å². The summed E-state index contributed by atoms with van der Waals surface area (Å²) in [6.07, 6.45) is 0.996. The van der Waals surface area contributed by atoms with Crippen LogP contribution in [-0.2, 0) is 0 Å². The molecular weight excluding hydrogens is 234 g/mol. The molecule has 1 fully saturated rings. The van der Waals surface area contributed by atoms with Crippen LogP contribution in [0.1, 0.15) is 37.4 Å². The predicted molar refractivity (Wildman–Crippen MR) is 81.2 cm³/mol. The first-order valence-corrected chi connectivity index (χ1v) is 7.27. The first kappa shape index (κ1) is 14.5. The highest BCUT2D eigenvalue weighted by molar-refractivity contribution is 5.24. The number of nitrogens with two attached hydrogens (primary N) is 1. The van der Waals surface area contributed by atoms with Crippen molar-refractivity contribution in [3.8, 4) is 0 Å². The Hall–Kier alpha value is -0.900. The van der Waals surface area contributed by atoms with E-state index in [0.29, 0.717) is 0 Å². The van der Waals surface area contributed by atoms with Gasteiger partial charge in [0.25, 0.3) is 0 Å². The zero-order chi connectivity index (χ0) is 13.9. The minimum atomic E-state index is 0.116. The van der Waals surface area contributed by atoms with Gasteiger partial charge in [0, 0.05) is 37.8 Å². The van der Waals surface area contributed by atoms with E-state index in [9.17, 15) is 0 Å². The molecule has 0 saturated carbocycles. The van der Waals surface area contributed by atoms with E-state index in [-0.39, 0.29) is 11.6 Å². The summed E-state index contributed by atoms with van der Waals surface area (Å²) in [5, 5.41) is 3.41. The summed E-state index contributed by atoms with van der Waals surface area (Å²) in [5.74, 6) is 0. The lowest BCUT2D eigenvalue weighted by Crippen LogP contribution is -2.54. The van der Waals surface area contributed by atoms with Crippen LogP contribution in [0.25, 0.3) is 0 Å². The summed E-state index contributed by atoms with van der Waals surface area (Å²) in [5.41, 5.74) is 9.09. The molecule has 0 spiro atoms. The van der Waals surface area contributed by atoms with E-state index in [1.807, 2.05) is 0 Å². The van der Waals surface area contributed by atoms with Gasteiger partial charge in [-0.15, -0.1) is 0 Å². The van der Waals surface area contributed by atoms with E-state index in [4.69, 9.17) is 5.73 Å². The molecule has 0 bridgehead atoms. The Morgan fingerprint density at radius 3 is 2.37 bits per heavy atom. The second-order valence-corrected chi connectivity index (χ2v) is 6.27. The topological polar surface area (TPSA) is 41.3 Å². The molecule has 3 nitrogen and oxygen atoms in total. The molecule has 1 aliphatic heterocycles. The predicted octanol–water partition coefficient (Wildman–Crippen LogP) is 2.07. The molecular formula is C16H27N3. The maximum Gasteiger partial charge on any atom is 0.0312 e. The summed E-state index contributed by atoms with van der Waals surface area (Å²) in [6, 6.07) is 8.73. The molecule has 1 atom stereocenters. The highest BCUT2D eigenvalue weighted by Gasteiger charge is 2.29. The molecule has 0 aromatic heterocycles. The van der Waals surface area contributed by atoms with Crippen LogP contribution in [0.3, 0.4) is 0 Å². The van der Waals surface area contributed by atoms with E-state index in [1.54, 1.807) is 0 Å². The van der Waals surface area contributed by atoms with Gasteiger partial charge in [-0.25, -0.2) is 0 Å². The van der Waals surface area contributed by atoms with Crippen molar-refractivity contribution in [3.05, 3.63) is 35.4 Å². The Kier molecular flexibility index (Phi) is 4.61.